The minimum absolute atomic E-state index is 0.203. The van der Waals surface area contributed by atoms with E-state index in [1.807, 2.05) is 54.6 Å². The Hall–Kier alpha value is -6.36. The van der Waals surface area contributed by atoms with Crippen molar-refractivity contribution < 1.29 is 41.8 Å². The molecule has 5 aromatic rings. The first-order chi connectivity index (χ1) is 34.2. The van der Waals surface area contributed by atoms with Gasteiger partial charge in [0, 0.05) is 68.9 Å². The molecule has 2 N–H and O–H groups in total. The zero-order valence-corrected chi connectivity index (χ0v) is 41.2. The third-order valence-corrected chi connectivity index (χ3v) is 15.0. The summed E-state index contributed by atoms with van der Waals surface area (Å²) in [5.41, 5.74) is 4.18. The number of rotatable bonds is 11. The number of hydrogen-bond donors (Lipinski definition) is 2. The van der Waals surface area contributed by atoms with E-state index < -0.39 is 29.8 Å². The number of nitrogens with zero attached hydrogens (tertiary/aromatic N) is 8. The highest BCUT2D eigenvalue weighted by Gasteiger charge is 2.41. The lowest BCUT2D eigenvalue weighted by atomic mass is 9.78. The monoisotopic (exact) mass is 1020 g/mol. The van der Waals surface area contributed by atoms with Crippen LogP contribution in [0, 0.1) is 11.3 Å². The normalized spacial score (nSPS) is 19.6. The summed E-state index contributed by atoms with van der Waals surface area (Å²) in [7, 11) is 1.75. The molecule has 0 aliphatic carbocycles. The standard InChI is InChI=1S/C50H57ClFN9O4.C2HF3O2/c1-49(2,36-27-33(30-53)28-37(51)29-36)35-7-9-40(10-8-35)65-31-38-13-20-54-47(55-38)60-23-16-39(17-24-60)59-25-18-50(52,19-26-59)32-58-21-14-34(15-22-58)41-5-4-6-42-45(41)57(3)48(64)61(42)43-11-12-44(62)56-46(43)63;3-2(4,5)1(6)7/h4-10,13,20,27-29,34,39,43H,11-12,14-19,21-26,31-32H2,1-3H3,(H,56,62,63);(H,6,7). The van der Waals surface area contributed by atoms with Crippen molar-refractivity contribution in [2.45, 2.75) is 107 Å². The number of aromatic nitrogens is 4. The molecule has 3 aromatic carbocycles. The Bertz CT molecular complexity index is 2900. The summed E-state index contributed by atoms with van der Waals surface area (Å²) >= 11 is 6.31. The van der Waals surface area contributed by atoms with Crippen LogP contribution >= 0.6 is 11.6 Å². The molecule has 0 radical (unpaired) electrons. The molecule has 6 heterocycles. The Morgan fingerprint density at radius 2 is 1.61 bits per heavy atom. The van der Waals surface area contributed by atoms with Crippen molar-refractivity contribution in [1.29, 1.82) is 5.26 Å². The van der Waals surface area contributed by atoms with Crippen LogP contribution in [-0.4, -0.2) is 115 Å². The summed E-state index contributed by atoms with van der Waals surface area (Å²) in [6.45, 7) is 9.73. The minimum atomic E-state index is -5.08. The fourth-order valence-electron chi connectivity index (χ4n) is 10.6. The molecule has 382 valence electrons. The second-order valence-electron chi connectivity index (χ2n) is 19.8. The molecule has 20 heteroatoms. The van der Waals surface area contributed by atoms with E-state index in [1.54, 1.807) is 28.4 Å². The summed E-state index contributed by atoms with van der Waals surface area (Å²) in [5.74, 6) is -1.84. The number of alkyl halides is 4. The van der Waals surface area contributed by atoms with Crippen LogP contribution in [0.2, 0.25) is 5.02 Å². The lowest BCUT2D eigenvalue weighted by Gasteiger charge is -2.45. The molecule has 0 bridgehead atoms. The number of imide groups is 1. The lowest BCUT2D eigenvalue weighted by molar-refractivity contribution is -0.192. The SMILES string of the molecule is Cn1c(=O)n(C2CCC(=O)NC2=O)c2cccc(C3CCN(CC4(F)CCN(C5CCN(c6nccc(COc7ccc(C(C)(C)c8cc(Cl)cc(C#N)c8)cc7)n6)CC5)CC4)CC3)c21.O=C(O)C(F)(F)F. The molecule has 9 rings (SSSR count). The predicted molar refractivity (Wildman–Crippen MR) is 262 cm³/mol. The quantitative estimate of drug-likeness (QED) is 0.0970. The van der Waals surface area contributed by atoms with E-state index in [9.17, 15) is 32.8 Å². The predicted octanol–water partition coefficient (Wildman–Crippen LogP) is 7.82. The summed E-state index contributed by atoms with van der Waals surface area (Å²) < 4.78 is 57.6. The third-order valence-electron chi connectivity index (χ3n) is 14.8. The number of nitrogens with one attached hydrogen (secondary N) is 1. The Labute approximate surface area is 419 Å². The molecule has 2 aromatic heterocycles. The van der Waals surface area contributed by atoms with Crippen LogP contribution in [-0.2, 0) is 33.5 Å². The molecule has 15 nitrogen and oxygen atoms in total. The van der Waals surface area contributed by atoms with E-state index in [2.05, 4.69) is 51.0 Å². The van der Waals surface area contributed by atoms with Gasteiger partial charge in [-0.15, -0.1) is 0 Å². The molecule has 0 spiro atoms. The van der Waals surface area contributed by atoms with Gasteiger partial charge in [-0.05, 0) is 123 Å². The number of nitriles is 1. The number of carbonyl (C=O) groups is 3. The number of amides is 2. The van der Waals surface area contributed by atoms with Crippen molar-refractivity contribution in [3.05, 3.63) is 116 Å². The van der Waals surface area contributed by atoms with Crippen LogP contribution in [0.3, 0.4) is 0 Å². The van der Waals surface area contributed by atoms with E-state index in [1.165, 1.54) is 0 Å². The molecule has 2 amide bonds. The van der Waals surface area contributed by atoms with E-state index in [0.717, 1.165) is 98.6 Å². The van der Waals surface area contributed by atoms with Crippen LogP contribution in [0.25, 0.3) is 11.0 Å². The molecule has 0 saturated carbocycles. The van der Waals surface area contributed by atoms with Crippen LogP contribution < -0.4 is 20.6 Å². The summed E-state index contributed by atoms with van der Waals surface area (Å²) in [6, 6.07) is 23.1. The first-order valence-corrected chi connectivity index (χ1v) is 24.6. The number of carboxylic acid groups (broad SMARTS) is 1. The minimum Gasteiger partial charge on any atom is -0.487 e. The van der Waals surface area contributed by atoms with E-state index in [4.69, 9.17) is 31.2 Å². The van der Waals surface area contributed by atoms with Gasteiger partial charge in [0.15, 0.2) is 0 Å². The number of hydrogen-bond acceptors (Lipinski definition) is 11. The fourth-order valence-corrected chi connectivity index (χ4v) is 10.9. The van der Waals surface area contributed by atoms with Gasteiger partial charge in [0.2, 0.25) is 17.8 Å². The number of para-hydroxylation sites is 1. The first-order valence-electron chi connectivity index (χ1n) is 24.2. The molecule has 1 unspecified atom stereocenters. The maximum Gasteiger partial charge on any atom is 0.490 e. The maximum absolute atomic E-state index is 16.5. The molecule has 4 aliphatic heterocycles. The Morgan fingerprint density at radius 3 is 2.25 bits per heavy atom. The number of carboxylic acids is 1. The highest BCUT2D eigenvalue weighted by molar-refractivity contribution is 6.30. The number of carbonyl (C=O) groups excluding carboxylic acids is 2. The summed E-state index contributed by atoms with van der Waals surface area (Å²) in [6.07, 6.45) is 1.94. The first kappa shape index (κ1) is 52.0. The van der Waals surface area contributed by atoms with Crippen LogP contribution in [0.15, 0.2) is 77.7 Å². The van der Waals surface area contributed by atoms with Crippen LogP contribution in [0.4, 0.5) is 23.5 Å². The number of halogens is 5. The zero-order chi connectivity index (χ0) is 51.5. The largest absolute Gasteiger partial charge is 0.490 e. The highest BCUT2D eigenvalue weighted by Crippen LogP contribution is 2.38. The van der Waals surface area contributed by atoms with Gasteiger partial charge in [0.25, 0.3) is 0 Å². The molecule has 4 fully saturated rings. The highest BCUT2D eigenvalue weighted by atomic mass is 35.5. The van der Waals surface area contributed by atoms with Crippen molar-refractivity contribution >= 4 is 46.4 Å². The smallest absolute Gasteiger partial charge is 0.487 e. The Morgan fingerprint density at radius 1 is 0.931 bits per heavy atom. The van der Waals surface area contributed by atoms with Gasteiger partial charge in [-0.25, -0.2) is 23.9 Å². The van der Waals surface area contributed by atoms with Gasteiger partial charge in [-0.1, -0.05) is 49.7 Å². The molecule has 4 saturated heterocycles. The lowest BCUT2D eigenvalue weighted by Crippen LogP contribution is -2.53. The molecular formula is C52H58ClF4N9O6. The van der Waals surface area contributed by atoms with Gasteiger partial charge in [0.05, 0.1) is 28.4 Å². The van der Waals surface area contributed by atoms with Gasteiger partial charge >= 0.3 is 17.8 Å². The van der Waals surface area contributed by atoms with Crippen molar-refractivity contribution in [3.63, 3.8) is 0 Å². The van der Waals surface area contributed by atoms with Crippen LogP contribution in [0.5, 0.6) is 5.75 Å². The van der Waals surface area contributed by atoms with Crippen molar-refractivity contribution in [1.82, 2.24) is 34.2 Å². The Kier molecular flexibility index (Phi) is 15.4. The second kappa shape index (κ2) is 21.4. The topological polar surface area (TPSA) is 179 Å². The number of aliphatic carboxylic acids is 1. The number of piperidine rings is 4. The second-order valence-corrected chi connectivity index (χ2v) is 20.2. The molecule has 4 aliphatic rings. The number of imidazole rings is 1. The average molecular weight is 1020 g/mol. The van der Waals surface area contributed by atoms with Crippen molar-refractivity contribution in [2.24, 2.45) is 7.05 Å². The number of benzene rings is 3. The number of aryl methyl sites for hydroxylation is 1. The van der Waals surface area contributed by atoms with Gasteiger partial charge in [0.1, 0.15) is 24.1 Å². The number of ether oxygens (including phenoxy) is 1. The summed E-state index contributed by atoms with van der Waals surface area (Å²) in [5, 5.41) is 19.5. The maximum atomic E-state index is 16.5. The zero-order valence-electron chi connectivity index (χ0n) is 40.4. The van der Waals surface area contributed by atoms with Crippen LogP contribution in [0.1, 0.15) is 105 Å². The van der Waals surface area contributed by atoms with Gasteiger partial charge in [-0.2, -0.15) is 18.4 Å². The molecule has 1 atom stereocenters. The Balaban J connectivity index is 0.000000923. The molecular weight excluding hydrogens is 958 g/mol. The van der Waals surface area contributed by atoms with E-state index in [-0.39, 0.29) is 29.4 Å². The number of likely N-dealkylation sites (tertiary alicyclic amines) is 2. The van der Waals surface area contributed by atoms with E-state index >= 15 is 4.39 Å². The average Bonchev–Trinajstić information content (AvgIpc) is 3.61. The molecule has 72 heavy (non-hydrogen) atoms. The van der Waals surface area contributed by atoms with Crippen molar-refractivity contribution in [2.75, 3.05) is 50.7 Å². The van der Waals surface area contributed by atoms with E-state index in [0.29, 0.717) is 60.5 Å². The third kappa shape index (κ3) is 11.6. The summed E-state index contributed by atoms with van der Waals surface area (Å²) in [4.78, 5) is 63.4. The number of anilines is 1. The fraction of sp³-hybridized carbons (Fsp3) is 0.481. The number of fused-ring (bicyclic) bond motifs is 1. The van der Waals surface area contributed by atoms with Crippen molar-refractivity contribution in [3.8, 4) is 11.8 Å². The van der Waals surface area contributed by atoms with Gasteiger partial charge in [-0.3, -0.25) is 24.0 Å². The van der Waals surface area contributed by atoms with Gasteiger partial charge < -0.3 is 24.5 Å².